The van der Waals surface area contributed by atoms with Crippen molar-refractivity contribution in [3.05, 3.63) is 40.5 Å². The van der Waals surface area contributed by atoms with E-state index >= 15 is 0 Å². The van der Waals surface area contributed by atoms with Gasteiger partial charge in [0.25, 0.3) is 0 Å². The zero-order chi connectivity index (χ0) is 20.6. The zero-order valence-corrected chi connectivity index (χ0v) is 21.4. The molecular weight excluding hydrogens is 361 g/mol. The van der Waals surface area contributed by atoms with Gasteiger partial charge in [-0.3, -0.25) is 4.79 Å². The van der Waals surface area contributed by atoms with Gasteiger partial charge in [-0.15, -0.1) is 0 Å². The van der Waals surface area contributed by atoms with E-state index in [1.54, 1.807) is 0 Å². The van der Waals surface area contributed by atoms with E-state index < -0.39 is 27.9 Å². The van der Waals surface area contributed by atoms with Crippen molar-refractivity contribution in [3.63, 3.8) is 0 Å². The van der Waals surface area contributed by atoms with Crippen LogP contribution in [0.5, 0.6) is 0 Å². The molecule has 1 aromatic carbocycles. The first kappa shape index (κ1) is 28.9. The van der Waals surface area contributed by atoms with Crippen LogP contribution in [0.4, 0.5) is 0 Å². The maximum atomic E-state index is 11.5. The summed E-state index contributed by atoms with van der Waals surface area (Å²) < 4.78 is 4.82. The second-order valence-corrected chi connectivity index (χ2v) is 19.1. The summed E-state index contributed by atoms with van der Waals surface area (Å²) in [6.45, 7) is 19.9. The van der Waals surface area contributed by atoms with Gasteiger partial charge in [0.1, 0.15) is 0 Å². The van der Waals surface area contributed by atoms with E-state index in [2.05, 4.69) is 53.1 Å². The molecule has 0 fully saturated rings. The van der Waals surface area contributed by atoms with Gasteiger partial charge in [0.2, 0.25) is 0 Å². The molecule has 1 rings (SSSR count). The molecule has 1 aromatic rings. The van der Waals surface area contributed by atoms with E-state index in [0.717, 1.165) is 18.4 Å². The van der Waals surface area contributed by atoms with E-state index in [9.17, 15) is 9.90 Å². The molecule has 0 aliphatic rings. The Morgan fingerprint density at radius 3 is 1.81 bits per heavy atom. The molecule has 150 valence electrons. The van der Waals surface area contributed by atoms with Crippen LogP contribution in [0, 0.1) is 5.92 Å². The first-order chi connectivity index (χ1) is 11.7. The number of hydrogen-bond donors (Lipinski definition) is 1. The maximum absolute atomic E-state index is 11.5. The number of nitrogens with zero attached hydrogens (tertiary/aromatic N) is 1. The SMILES string of the molecule is CC[C@H](C)CCC(C)(C(=O)O)c1ccccc1.C[Si](C)(C)[N-][Si](C)(C)C.[Li+]. The van der Waals surface area contributed by atoms with Crippen molar-refractivity contribution < 1.29 is 28.8 Å². The Kier molecular flexibility index (Phi) is 13.1. The van der Waals surface area contributed by atoms with Crippen molar-refractivity contribution in [2.24, 2.45) is 5.92 Å². The number of carboxylic acids is 1. The van der Waals surface area contributed by atoms with Crippen LogP contribution >= 0.6 is 0 Å². The number of carboxylic acid groups (broad SMARTS) is 1. The van der Waals surface area contributed by atoms with Crippen LogP contribution in [-0.4, -0.2) is 27.5 Å². The van der Waals surface area contributed by atoms with Gasteiger partial charge in [-0.05, 0) is 31.2 Å². The molecule has 0 aliphatic heterocycles. The average molecular weight is 402 g/mol. The molecule has 0 aliphatic carbocycles. The van der Waals surface area contributed by atoms with Crippen molar-refractivity contribution >= 4 is 22.4 Å². The molecule has 0 aromatic heterocycles. The Balaban J connectivity index is 0. The Bertz CT molecular complexity index is 529. The molecule has 6 heteroatoms. The van der Waals surface area contributed by atoms with Crippen LogP contribution < -0.4 is 18.9 Å². The van der Waals surface area contributed by atoms with Gasteiger partial charge >= 0.3 is 24.8 Å². The van der Waals surface area contributed by atoms with Gasteiger partial charge in [-0.1, -0.05) is 106 Å². The van der Waals surface area contributed by atoms with Crippen LogP contribution in [-0.2, 0) is 10.2 Å². The van der Waals surface area contributed by atoms with Crippen LogP contribution in [0.2, 0.25) is 39.3 Å². The minimum atomic E-state index is -1.11. The van der Waals surface area contributed by atoms with Gasteiger partial charge in [-0.25, -0.2) is 0 Å². The standard InChI is InChI=1S/C15H22O2.C6H18NSi2.Li/c1-4-12(2)10-11-15(3,14(16)17)13-8-6-5-7-9-13;1-8(2,3)7-9(4,5)6;/h5-9,12H,4,10-11H2,1-3H3,(H,16,17);1-6H3;/q;-1;+1/t12-,15?;;/m0../s1. The molecule has 0 saturated heterocycles. The summed E-state index contributed by atoms with van der Waals surface area (Å²) in [7, 11) is -2.21. The van der Waals surface area contributed by atoms with Crippen molar-refractivity contribution in [1.82, 2.24) is 0 Å². The number of benzene rings is 1. The fourth-order valence-corrected chi connectivity index (χ4v) is 11.0. The second-order valence-electron chi connectivity index (χ2n) is 9.51. The molecule has 0 radical (unpaired) electrons. The van der Waals surface area contributed by atoms with Crippen LogP contribution in [0.25, 0.3) is 4.65 Å². The molecule has 2 atom stereocenters. The van der Waals surface area contributed by atoms with Crippen molar-refractivity contribution in [3.8, 4) is 0 Å². The van der Waals surface area contributed by atoms with Crippen LogP contribution in [0.15, 0.2) is 30.3 Å². The van der Waals surface area contributed by atoms with E-state index in [1.807, 2.05) is 37.3 Å². The maximum Gasteiger partial charge on any atom is 1.00 e. The topological polar surface area (TPSA) is 51.4 Å². The van der Waals surface area contributed by atoms with Gasteiger partial charge in [-0.2, -0.15) is 0 Å². The molecular formula is C21H40LiNO2Si2. The largest absolute Gasteiger partial charge is 1.00 e. The second kappa shape index (κ2) is 12.3. The Hall–Kier alpha value is -0.319. The predicted molar refractivity (Wildman–Crippen MR) is 120 cm³/mol. The summed E-state index contributed by atoms with van der Waals surface area (Å²) in [5.74, 6) is -0.149. The van der Waals surface area contributed by atoms with Gasteiger partial charge in [0.15, 0.2) is 0 Å². The van der Waals surface area contributed by atoms with Gasteiger partial charge < -0.3 is 9.75 Å². The molecule has 0 amide bonds. The predicted octanol–water partition coefficient (Wildman–Crippen LogP) is 3.89. The number of rotatable bonds is 8. The number of hydrogen-bond acceptors (Lipinski definition) is 1. The molecule has 1 unspecified atom stereocenters. The minimum Gasteiger partial charge on any atom is -0.668 e. The third-order valence-corrected chi connectivity index (χ3v) is 9.75. The molecule has 1 N–H and O–H groups in total. The zero-order valence-electron chi connectivity index (χ0n) is 19.4. The normalized spacial score (nSPS) is 14.9. The molecule has 0 bridgehead atoms. The Morgan fingerprint density at radius 1 is 1.07 bits per heavy atom. The van der Waals surface area contributed by atoms with E-state index in [4.69, 9.17) is 4.65 Å². The monoisotopic (exact) mass is 401 g/mol. The molecule has 0 spiro atoms. The average Bonchev–Trinajstić information content (AvgIpc) is 2.50. The third-order valence-electron chi connectivity index (χ3n) is 4.39. The number of carbonyl (C=O) groups is 1. The Labute approximate surface area is 182 Å². The van der Waals surface area contributed by atoms with Crippen molar-refractivity contribution in [1.29, 1.82) is 0 Å². The van der Waals surface area contributed by atoms with Crippen molar-refractivity contribution in [2.45, 2.75) is 84.7 Å². The first-order valence-corrected chi connectivity index (χ1v) is 16.6. The van der Waals surface area contributed by atoms with Crippen molar-refractivity contribution in [2.75, 3.05) is 0 Å². The summed E-state index contributed by atoms with van der Waals surface area (Å²) >= 11 is 0. The summed E-state index contributed by atoms with van der Waals surface area (Å²) in [6.07, 6.45) is 2.75. The molecule has 27 heavy (non-hydrogen) atoms. The summed E-state index contributed by atoms with van der Waals surface area (Å²) in [4.78, 5) is 11.5. The first-order valence-electron chi connectivity index (χ1n) is 9.74. The third kappa shape index (κ3) is 12.7. The molecule has 0 heterocycles. The summed E-state index contributed by atoms with van der Waals surface area (Å²) in [5.41, 5.74) is 0.140. The quantitative estimate of drug-likeness (QED) is 0.672. The van der Waals surface area contributed by atoms with E-state index in [0.29, 0.717) is 12.3 Å². The Morgan fingerprint density at radius 2 is 1.52 bits per heavy atom. The van der Waals surface area contributed by atoms with Gasteiger partial charge in [0.05, 0.1) is 5.41 Å². The van der Waals surface area contributed by atoms with Gasteiger partial charge in [0, 0.05) is 0 Å². The summed E-state index contributed by atoms with van der Waals surface area (Å²) in [5, 5.41) is 9.47. The molecule has 3 nitrogen and oxygen atoms in total. The summed E-state index contributed by atoms with van der Waals surface area (Å²) in [6, 6.07) is 9.54. The minimum absolute atomic E-state index is 0. The van der Waals surface area contributed by atoms with Crippen LogP contribution in [0.1, 0.15) is 45.6 Å². The van der Waals surface area contributed by atoms with E-state index in [1.165, 1.54) is 0 Å². The fraction of sp³-hybridized carbons (Fsp3) is 0.667. The van der Waals surface area contributed by atoms with E-state index in [-0.39, 0.29) is 18.9 Å². The van der Waals surface area contributed by atoms with Crippen LogP contribution in [0.3, 0.4) is 0 Å². The fourth-order valence-electron chi connectivity index (χ4n) is 2.93. The number of aliphatic carboxylic acids is 1. The smallest absolute Gasteiger partial charge is 0.668 e. The molecule has 0 saturated carbocycles.